The van der Waals surface area contributed by atoms with E-state index in [4.69, 9.17) is 23.8 Å². The molecule has 14 nitrogen and oxygen atoms in total. The van der Waals surface area contributed by atoms with E-state index in [2.05, 4.69) is 41.1 Å². The van der Waals surface area contributed by atoms with Gasteiger partial charge in [0.15, 0.2) is 6.10 Å². The van der Waals surface area contributed by atoms with Crippen LogP contribution in [0.5, 0.6) is 0 Å². The minimum absolute atomic E-state index is 0.0211. The fraction of sp³-hybridized carbons (Fsp3) is 0.739. The molecular weight excluding hydrogens is 838 g/mol. The van der Waals surface area contributed by atoms with Crippen molar-refractivity contribution in [2.45, 2.75) is 193 Å². The predicted octanol–water partition coefficient (Wildman–Crippen LogP) is 11.0. The van der Waals surface area contributed by atoms with Gasteiger partial charge >= 0.3 is 27.6 Å². The second-order valence-corrected chi connectivity index (χ2v) is 18.2. The number of carbonyl (C=O) groups excluding carboxylic acids is 2. The van der Waals surface area contributed by atoms with Gasteiger partial charge in [0, 0.05) is 12.8 Å². The molecule has 0 aromatic rings. The third-order valence-electron chi connectivity index (χ3n) is 9.45. The Morgan fingerprint density at radius 1 is 0.532 bits per heavy atom. The Labute approximate surface area is 373 Å². The molecule has 0 aromatic carbocycles. The van der Waals surface area contributed by atoms with Crippen molar-refractivity contribution in [1.29, 1.82) is 0 Å². The van der Waals surface area contributed by atoms with Crippen LogP contribution < -0.4 is 0 Å². The molecule has 16 heteroatoms. The van der Waals surface area contributed by atoms with Crippen molar-refractivity contribution in [2.75, 3.05) is 26.4 Å². The molecule has 0 aromatic heterocycles. The van der Waals surface area contributed by atoms with Crippen molar-refractivity contribution in [3.63, 3.8) is 0 Å². The Balaban J connectivity index is 4.64. The summed E-state index contributed by atoms with van der Waals surface area (Å²) in [6.07, 6.45) is 41.0. The fourth-order valence-corrected chi connectivity index (χ4v) is 7.05. The normalized spacial score (nSPS) is 15.0. The van der Waals surface area contributed by atoms with Crippen molar-refractivity contribution >= 4 is 27.6 Å². The number of rotatable bonds is 43. The first-order valence-electron chi connectivity index (χ1n) is 23.1. The second kappa shape index (κ2) is 41.5. The highest BCUT2D eigenvalue weighted by Crippen LogP contribution is 2.43. The number of ether oxygens (including phenoxy) is 2. The summed E-state index contributed by atoms with van der Waals surface area (Å²) in [5.41, 5.74) is 0. The van der Waals surface area contributed by atoms with Gasteiger partial charge < -0.3 is 34.4 Å². The summed E-state index contributed by atoms with van der Waals surface area (Å²) in [6.45, 7) is 1.58. The van der Waals surface area contributed by atoms with Gasteiger partial charge in [-0.3, -0.25) is 23.2 Å². The largest absolute Gasteiger partial charge is 0.472 e. The molecule has 0 saturated heterocycles. The molecule has 4 atom stereocenters. The molecule has 1 unspecified atom stereocenters. The lowest BCUT2D eigenvalue weighted by Crippen LogP contribution is -2.29. The number of phosphoric acid groups is 2. The SMILES string of the molecule is CCCCC/C=C\C[C@H](O)/C=C/C=C\C/C=C\CCCC(=O)O[C@H](COC(=O)CCCCCCCCC/C=C\CCCCCCCC)COP(=O)(O)OC[C@@H](O)COP(=O)(O)O. The second-order valence-electron chi connectivity index (χ2n) is 15.5. The van der Waals surface area contributed by atoms with Crippen LogP contribution in [0.2, 0.25) is 0 Å². The van der Waals surface area contributed by atoms with E-state index in [0.29, 0.717) is 32.1 Å². The van der Waals surface area contributed by atoms with E-state index in [1.165, 1.54) is 77.0 Å². The summed E-state index contributed by atoms with van der Waals surface area (Å²) >= 11 is 0. The maximum atomic E-state index is 12.7. The number of carbonyl (C=O) groups is 2. The molecule has 0 aliphatic carbocycles. The number of aliphatic hydroxyl groups is 2. The van der Waals surface area contributed by atoms with Crippen molar-refractivity contribution in [3.8, 4) is 0 Å². The van der Waals surface area contributed by atoms with Crippen LogP contribution >= 0.6 is 15.6 Å². The molecule has 0 aliphatic heterocycles. The summed E-state index contributed by atoms with van der Waals surface area (Å²) in [7, 11) is -9.72. The summed E-state index contributed by atoms with van der Waals surface area (Å²) in [5, 5.41) is 19.8. The highest BCUT2D eigenvalue weighted by molar-refractivity contribution is 7.47. The molecule has 360 valence electrons. The van der Waals surface area contributed by atoms with E-state index in [9.17, 15) is 33.8 Å². The molecule has 0 spiro atoms. The number of esters is 2. The minimum atomic E-state index is -4.88. The van der Waals surface area contributed by atoms with E-state index in [-0.39, 0.29) is 12.8 Å². The Bertz CT molecular complexity index is 1340. The van der Waals surface area contributed by atoms with Crippen LogP contribution in [-0.4, -0.2) is 81.6 Å². The van der Waals surface area contributed by atoms with Gasteiger partial charge in [-0.1, -0.05) is 152 Å². The number of allylic oxidation sites excluding steroid dienone is 8. The summed E-state index contributed by atoms with van der Waals surface area (Å²) < 4.78 is 47.7. The lowest BCUT2D eigenvalue weighted by Gasteiger charge is -2.20. The van der Waals surface area contributed by atoms with Crippen LogP contribution in [0.25, 0.3) is 0 Å². The maximum absolute atomic E-state index is 12.7. The van der Waals surface area contributed by atoms with E-state index < -0.39 is 72.3 Å². The van der Waals surface area contributed by atoms with Crippen LogP contribution in [0.1, 0.15) is 174 Å². The van der Waals surface area contributed by atoms with Crippen LogP contribution in [0, 0.1) is 0 Å². The number of hydrogen-bond acceptors (Lipinski definition) is 11. The third-order valence-corrected chi connectivity index (χ3v) is 10.9. The molecule has 0 amide bonds. The third kappa shape index (κ3) is 44.4. The van der Waals surface area contributed by atoms with Crippen LogP contribution in [-0.2, 0) is 41.8 Å². The molecule has 0 fully saturated rings. The zero-order valence-corrected chi connectivity index (χ0v) is 39.6. The Kier molecular flexibility index (Phi) is 40.0. The topological polar surface area (TPSA) is 216 Å². The summed E-state index contributed by atoms with van der Waals surface area (Å²) in [5.74, 6) is -1.14. The summed E-state index contributed by atoms with van der Waals surface area (Å²) in [6, 6.07) is 0. The Hall–Kier alpha value is -2.22. The first-order chi connectivity index (χ1) is 29.8. The van der Waals surface area contributed by atoms with Gasteiger partial charge in [-0.15, -0.1) is 0 Å². The summed E-state index contributed by atoms with van der Waals surface area (Å²) in [4.78, 5) is 52.7. The fourth-order valence-electron chi connectivity index (χ4n) is 5.89. The highest BCUT2D eigenvalue weighted by atomic mass is 31.2. The minimum Gasteiger partial charge on any atom is -0.462 e. The average Bonchev–Trinajstić information content (AvgIpc) is 3.23. The zero-order valence-electron chi connectivity index (χ0n) is 37.8. The van der Waals surface area contributed by atoms with Crippen LogP contribution in [0.3, 0.4) is 0 Å². The molecule has 0 saturated carbocycles. The first-order valence-corrected chi connectivity index (χ1v) is 26.1. The van der Waals surface area contributed by atoms with E-state index in [1.54, 1.807) is 6.08 Å². The number of unbranched alkanes of at least 4 members (excludes halogenated alkanes) is 17. The van der Waals surface area contributed by atoms with E-state index in [1.807, 2.05) is 36.5 Å². The Morgan fingerprint density at radius 3 is 1.68 bits per heavy atom. The van der Waals surface area contributed by atoms with Crippen molar-refractivity contribution in [2.24, 2.45) is 0 Å². The lowest BCUT2D eigenvalue weighted by atomic mass is 10.1. The monoisotopic (exact) mass is 921 g/mol. The number of aliphatic hydroxyl groups excluding tert-OH is 2. The van der Waals surface area contributed by atoms with Gasteiger partial charge in [-0.2, -0.15) is 0 Å². The van der Waals surface area contributed by atoms with E-state index >= 15 is 0 Å². The van der Waals surface area contributed by atoms with Gasteiger partial charge in [-0.25, -0.2) is 9.13 Å². The highest BCUT2D eigenvalue weighted by Gasteiger charge is 2.28. The number of phosphoric ester groups is 2. The van der Waals surface area contributed by atoms with Crippen LogP contribution in [0.4, 0.5) is 0 Å². The van der Waals surface area contributed by atoms with Gasteiger partial charge in [-0.05, 0) is 70.6 Å². The van der Waals surface area contributed by atoms with Gasteiger partial charge in [0.25, 0.3) is 0 Å². The average molecular weight is 921 g/mol. The van der Waals surface area contributed by atoms with Crippen LogP contribution in [0.15, 0.2) is 60.8 Å². The lowest BCUT2D eigenvalue weighted by molar-refractivity contribution is -0.161. The zero-order chi connectivity index (χ0) is 46.0. The molecule has 0 heterocycles. The van der Waals surface area contributed by atoms with Gasteiger partial charge in [0.05, 0.1) is 25.9 Å². The van der Waals surface area contributed by atoms with E-state index in [0.717, 1.165) is 38.5 Å². The predicted molar refractivity (Wildman–Crippen MR) is 245 cm³/mol. The quantitative estimate of drug-likeness (QED) is 0.0126. The van der Waals surface area contributed by atoms with Gasteiger partial charge in [0.1, 0.15) is 12.7 Å². The first kappa shape index (κ1) is 59.8. The number of hydrogen-bond donors (Lipinski definition) is 5. The van der Waals surface area contributed by atoms with Crippen molar-refractivity contribution in [3.05, 3.63) is 60.8 Å². The van der Waals surface area contributed by atoms with Crippen molar-refractivity contribution in [1.82, 2.24) is 0 Å². The molecule has 0 bridgehead atoms. The molecular formula is C46H82O14P2. The smallest absolute Gasteiger partial charge is 0.462 e. The molecule has 0 radical (unpaired) electrons. The molecule has 5 N–H and O–H groups in total. The standard InChI is InChI=1S/C46H82O14P2/c1-3-5-7-9-11-12-13-14-15-16-17-18-19-20-24-28-32-36-45(49)56-40-44(41-59-62(54,55)58-39-43(48)38-57-61(51,52)53)60-46(50)37-33-29-25-22-21-23-27-31-35-42(47)34-30-26-10-8-6-4-2/h14-15,22-23,25-27,30-31,35,42-44,47-48H,3-13,16-21,24,28-29,32-34,36-41H2,1-2H3,(H,54,55)(H2,51,52,53)/b15-14-,25-22-,27-23-,30-26-,35-31+/t42-,43-,44+/m0/s1. The Morgan fingerprint density at radius 2 is 1.03 bits per heavy atom. The maximum Gasteiger partial charge on any atom is 0.472 e. The molecule has 62 heavy (non-hydrogen) atoms. The molecule has 0 rings (SSSR count). The van der Waals surface area contributed by atoms with Crippen molar-refractivity contribution < 1.29 is 66.7 Å². The molecule has 0 aliphatic rings. The van der Waals surface area contributed by atoms with Gasteiger partial charge in [0.2, 0.25) is 0 Å².